The molecular formula is C23H26O10S3. The second-order valence-corrected chi connectivity index (χ2v) is 12.7. The molecule has 10 nitrogen and oxygen atoms in total. The molecule has 196 valence electrons. The van der Waals surface area contributed by atoms with Crippen LogP contribution in [0.3, 0.4) is 0 Å². The molecule has 36 heavy (non-hydrogen) atoms. The first kappa shape index (κ1) is 29.1. The summed E-state index contributed by atoms with van der Waals surface area (Å²) in [6, 6.07) is 10.0. The molecule has 2 aromatic rings. The largest absolute Gasteiger partial charge is 0.382 e. The summed E-state index contributed by atoms with van der Waals surface area (Å²) in [4.78, 5) is 12.3. The second-order valence-electron chi connectivity index (χ2n) is 7.14. The van der Waals surface area contributed by atoms with Crippen molar-refractivity contribution in [3.8, 4) is 17.2 Å². The molecule has 0 aromatic heterocycles. The second kappa shape index (κ2) is 12.2. The molecule has 0 aliphatic heterocycles. The lowest BCUT2D eigenvalue weighted by molar-refractivity contribution is -0.110. The molecule has 0 spiro atoms. The van der Waals surface area contributed by atoms with Crippen LogP contribution < -0.4 is 12.5 Å². The zero-order chi connectivity index (χ0) is 27.0. The van der Waals surface area contributed by atoms with E-state index in [1.807, 2.05) is 0 Å². The van der Waals surface area contributed by atoms with Gasteiger partial charge >= 0.3 is 30.4 Å². The van der Waals surface area contributed by atoms with Gasteiger partial charge in [-0.1, -0.05) is 30.4 Å². The molecule has 0 radical (unpaired) electrons. The minimum Gasteiger partial charge on any atom is -0.382 e. The van der Waals surface area contributed by atoms with Crippen LogP contribution in [0.2, 0.25) is 0 Å². The monoisotopic (exact) mass is 558 g/mol. The topological polar surface area (TPSA) is 147 Å². The molecule has 2 aromatic carbocycles. The summed E-state index contributed by atoms with van der Waals surface area (Å²) >= 11 is 0. The molecule has 13 heteroatoms. The normalized spacial score (nSPS) is 12.6. The minimum absolute atomic E-state index is 0.115. The maximum absolute atomic E-state index is 12.3. The summed E-state index contributed by atoms with van der Waals surface area (Å²) in [6.07, 6.45) is 5.29. The van der Waals surface area contributed by atoms with Gasteiger partial charge in [0.05, 0.1) is 17.3 Å². The number of benzene rings is 2. The van der Waals surface area contributed by atoms with E-state index in [9.17, 15) is 30.0 Å². The first-order chi connectivity index (χ1) is 16.8. The smallest absolute Gasteiger partial charge is 0.309 e. The Kier molecular flexibility index (Phi) is 9.85. The van der Waals surface area contributed by atoms with Crippen molar-refractivity contribution in [2.45, 2.75) is 20.8 Å². The Morgan fingerprint density at radius 3 is 1.72 bits per heavy atom. The Hall–Kier alpha value is -3.16. The van der Waals surface area contributed by atoms with Crippen LogP contribution in [-0.4, -0.2) is 48.3 Å². The highest BCUT2D eigenvalue weighted by Gasteiger charge is 2.19. The van der Waals surface area contributed by atoms with Gasteiger partial charge in [0.15, 0.2) is 17.3 Å². The minimum atomic E-state index is -3.99. The lowest BCUT2D eigenvalue weighted by Crippen LogP contribution is -2.15. The van der Waals surface area contributed by atoms with Crippen molar-refractivity contribution in [2.75, 3.05) is 17.3 Å². The summed E-state index contributed by atoms with van der Waals surface area (Å²) in [7, 11) is -11.6. The van der Waals surface area contributed by atoms with Crippen LogP contribution in [0.1, 0.15) is 31.9 Å². The van der Waals surface area contributed by atoms with Crippen LogP contribution >= 0.6 is 0 Å². The van der Waals surface area contributed by atoms with E-state index < -0.39 is 36.1 Å². The van der Waals surface area contributed by atoms with E-state index in [2.05, 4.69) is 0 Å². The third-order valence-electron chi connectivity index (χ3n) is 4.42. The molecule has 0 N–H and O–H groups in total. The maximum atomic E-state index is 12.3. The Balaban J connectivity index is 2.23. The van der Waals surface area contributed by atoms with Crippen LogP contribution in [-0.2, 0) is 35.1 Å². The number of ketones is 1. The number of carbonyl (C=O) groups is 1. The number of hydrogen-bond acceptors (Lipinski definition) is 10. The van der Waals surface area contributed by atoms with E-state index in [0.29, 0.717) is 11.1 Å². The Morgan fingerprint density at radius 1 is 0.667 bits per heavy atom. The average Bonchev–Trinajstić information content (AvgIpc) is 2.82. The highest BCUT2D eigenvalue weighted by Crippen LogP contribution is 2.31. The van der Waals surface area contributed by atoms with Gasteiger partial charge in [-0.15, -0.1) is 0 Å². The third kappa shape index (κ3) is 9.47. The van der Waals surface area contributed by atoms with Gasteiger partial charge in [-0.25, -0.2) is 0 Å². The van der Waals surface area contributed by atoms with Crippen LogP contribution in [0.5, 0.6) is 17.2 Å². The molecule has 0 saturated carbocycles. The number of rotatable bonds is 13. The van der Waals surface area contributed by atoms with Crippen LogP contribution in [0.25, 0.3) is 12.2 Å². The van der Waals surface area contributed by atoms with Gasteiger partial charge in [0.1, 0.15) is 5.75 Å². The summed E-state index contributed by atoms with van der Waals surface area (Å²) < 4.78 is 85.5. The van der Waals surface area contributed by atoms with Gasteiger partial charge in [0, 0.05) is 0 Å². The van der Waals surface area contributed by atoms with Crippen molar-refractivity contribution in [2.24, 2.45) is 0 Å². The summed E-state index contributed by atoms with van der Waals surface area (Å²) in [5, 5.41) is 0. The summed E-state index contributed by atoms with van der Waals surface area (Å²) in [5.41, 5.74) is 0.874. The van der Waals surface area contributed by atoms with Gasteiger partial charge in [0.2, 0.25) is 0 Å². The molecular weight excluding hydrogens is 532 g/mol. The van der Waals surface area contributed by atoms with Crippen molar-refractivity contribution in [1.29, 1.82) is 0 Å². The Morgan fingerprint density at radius 2 is 1.17 bits per heavy atom. The zero-order valence-corrected chi connectivity index (χ0v) is 22.2. The number of hydrogen-bond donors (Lipinski definition) is 0. The van der Waals surface area contributed by atoms with Gasteiger partial charge in [0.25, 0.3) is 0 Å². The van der Waals surface area contributed by atoms with E-state index in [-0.39, 0.29) is 34.5 Å². The van der Waals surface area contributed by atoms with Crippen LogP contribution in [0, 0.1) is 0 Å². The van der Waals surface area contributed by atoms with Gasteiger partial charge < -0.3 is 12.5 Å². The Bertz CT molecular complexity index is 1470. The number of carbonyl (C=O) groups excluding carboxylic acids is 1. The molecule has 0 fully saturated rings. The van der Waals surface area contributed by atoms with E-state index >= 15 is 0 Å². The van der Waals surface area contributed by atoms with Gasteiger partial charge in [-0.05, 0) is 68.3 Å². The van der Waals surface area contributed by atoms with Crippen molar-refractivity contribution >= 4 is 48.3 Å². The van der Waals surface area contributed by atoms with Crippen molar-refractivity contribution in [1.82, 2.24) is 0 Å². The SMILES string of the molecule is CCS(=O)(=O)Oc1cccc(C=CC(=O)C=Cc2ccc(OS(=O)(=O)CC)c(OS(=O)(=O)CC)c2)c1. The standard InChI is InChI=1S/C23H26O10S3/c1-4-34(25,26)31-21-9-7-8-18(16-21)10-13-20(24)14-11-19-12-15-22(32-35(27,28)5-2)23(17-19)33-36(29,30)6-3/h7-17H,4-6H2,1-3H3. The van der Waals surface area contributed by atoms with Crippen molar-refractivity contribution in [3.63, 3.8) is 0 Å². The molecule has 0 heterocycles. The molecule has 0 bridgehead atoms. The lowest BCUT2D eigenvalue weighted by Gasteiger charge is -2.12. The maximum Gasteiger partial charge on any atom is 0.309 e. The summed E-state index contributed by atoms with van der Waals surface area (Å²) in [5.74, 6) is -1.83. The van der Waals surface area contributed by atoms with E-state index in [1.54, 1.807) is 12.1 Å². The van der Waals surface area contributed by atoms with Gasteiger partial charge in [-0.3, -0.25) is 4.79 Å². The quantitative estimate of drug-likeness (QED) is 0.265. The Labute approximate surface area is 211 Å². The van der Waals surface area contributed by atoms with Crippen LogP contribution in [0.15, 0.2) is 54.6 Å². The first-order valence-electron chi connectivity index (χ1n) is 10.7. The summed E-state index contributed by atoms with van der Waals surface area (Å²) in [6.45, 7) is 4.18. The van der Waals surface area contributed by atoms with Crippen LogP contribution in [0.4, 0.5) is 0 Å². The molecule has 0 aliphatic carbocycles. The highest BCUT2D eigenvalue weighted by atomic mass is 32.2. The predicted octanol–water partition coefficient (Wildman–Crippen LogP) is 3.17. The number of allylic oxidation sites excluding steroid dienone is 2. The molecule has 0 unspecified atom stereocenters. The van der Waals surface area contributed by atoms with E-state index in [1.165, 1.54) is 75.4 Å². The molecule has 2 rings (SSSR count). The molecule has 0 amide bonds. The fraction of sp³-hybridized carbons (Fsp3) is 0.261. The average molecular weight is 559 g/mol. The molecule has 0 aliphatic rings. The third-order valence-corrected chi connectivity index (χ3v) is 7.86. The molecule has 0 saturated heterocycles. The fourth-order valence-corrected chi connectivity index (χ4v) is 4.01. The lowest BCUT2D eigenvalue weighted by atomic mass is 10.1. The van der Waals surface area contributed by atoms with Gasteiger partial charge in [-0.2, -0.15) is 25.3 Å². The van der Waals surface area contributed by atoms with Crippen molar-refractivity contribution in [3.05, 3.63) is 65.7 Å². The van der Waals surface area contributed by atoms with E-state index in [0.717, 1.165) is 0 Å². The first-order valence-corrected chi connectivity index (χ1v) is 15.4. The highest BCUT2D eigenvalue weighted by molar-refractivity contribution is 7.87. The zero-order valence-electron chi connectivity index (χ0n) is 19.8. The fourth-order valence-electron chi connectivity index (χ4n) is 2.44. The van der Waals surface area contributed by atoms with E-state index in [4.69, 9.17) is 12.5 Å². The van der Waals surface area contributed by atoms with Crippen molar-refractivity contribution < 1.29 is 42.6 Å². The predicted molar refractivity (Wildman–Crippen MR) is 136 cm³/mol. The molecule has 0 atom stereocenters.